The number of amides is 2. The normalized spacial score (nSPS) is 13.2. The molecular weight excluding hydrogens is 464 g/mol. The Morgan fingerprint density at radius 1 is 1.15 bits per heavy atom. The first kappa shape index (κ1) is 22.7. The van der Waals surface area contributed by atoms with Gasteiger partial charge in [-0.15, -0.1) is 11.3 Å². The summed E-state index contributed by atoms with van der Waals surface area (Å²) in [6, 6.07) is 15.6. The van der Waals surface area contributed by atoms with Crippen LogP contribution in [0.25, 0.3) is 11.0 Å². The van der Waals surface area contributed by atoms with Crippen molar-refractivity contribution in [3.8, 4) is 0 Å². The SMILES string of the molecule is CCn1c(SCC(=O)Nc2cccc(C(=O)N3CCc4sccc4C3)c2C)nc2ccccc21. The molecule has 0 bridgehead atoms. The average Bonchev–Trinajstić information content (AvgIpc) is 3.47. The minimum atomic E-state index is -0.117. The minimum Gasteiger partial charge on any atom is -0.334 e. The number of nitrogens with zero attached hydrogens (tertiary/aromatic N) is 3. The third-order valence-corrected chi connectivity index (χ3v) is 8.20. The van der Waals surface area contributed by atoms with Crippen molar-refractivity contribution in [2.45, 2.75) is 38.5 Å². The number of benzene rings is 2. The molecule has 8 heteroatoms. The Morgan fingerprint density at radius 3 is 2.85 bits per heavy atom. The zero-order valence-corrected chi connectivity index (χ0v) is 20.8. The number of thiophene rings is 1. The number of rotatable bonds is 6. The summed E-state index contributed by atoms with van der Waals surface area (Å²) >= 11 is 3.18. The van der Waals surface area contributed by atoms with Gasteiger partial charge in [0.05, 0.1) is 16.8 Å². The lowest BCUT2D eigenvalue weighted by Gasteiger charge is -2.28. The van der Waals surface area contributed by atoms with Crippen LogP contribution in [0.4, 0.5) is 5.69 Å². The van der Waals surface area contributed by atoms with Gasteiger partial charge in [0.2, 0.25) is 5.91 Å². The van der Waals surface area contributed by atoms with Crippen LogP contribution in [0.2, 0.25) is 0 Å². The second-order valence-electron chi connectivity index (χ2n) is 8.29. The number of hydrogen-bond acceptors (Lipinski definition) is 5. The number of carbonyl (C=O) groups is 2. The number of fused-ring (bicyclic) bond motifs is 2. The van der Waals surface area contributed by atoms with E-state index in [1.165, 1.54) is 22.2 Å². The summed E-state index contributed by atoms with van der Waals surface area (Å²) in [6.07, 6.45) is 0.897. The molecule has 0 atom stereocenters. The smallest absolute Gasteiger partial charge is 0.254 e. The van der Waals surface area contributed by atoms with Crippen LogP contribution in [0.5, 0.6) is 0 Å². The molecule has 0 unspecified atom stereocenters. The van der Waals surface area contributed by atoms with Crippen molar-refractivity contribution in [2.75, 3.05) is 17.6 Å². The Kier molecular flexibility index (Phi) is 6.43. The third kappa shape index (κ3) is 4.35. The summed E-state index contributed by atoms with van der Waals surface area (Å²) in [6.45, 7) is 6.12. The number of imidazole rings is 1. The molecule has 174 valence electrons. The van der Waals surface area contributed by atoms with Crippen molar-refractivity contribution in [3.05, 3.63) is 75.5 Å². The maximum Gasteiger partial charge on any atom is 0.254 e. The molecule has 0 radical (unpaired) electrons. The van der Waals surface area contributed by atoms with Crippen LogP contribution in [0, 0.1) is 6.92 Å². The number of para-hydroxylation sites is 2. The van der Waals surface area contributed by atoms with E-state index in [1.54, 1.807) is 11.3 Å². The van der Waals surface area contributed by atoms with Gasteiger partial charge < -0.3 is 14.8 Å². The summed E-state index contributed by atoms with van der Waals surface area (Å²) < 4.78 is 2.12. The van der Waals surface area contributed by atoms with E-state index in [2.05, 4.69) is 33.2 Å². The maximum absolute atomic E-state index is 13.3. The van der Waals surface area contributed by atoms with Gasteiger partial charge in [0.25, 0.3) is 5.91 Å². The average molecular weight is 491 g/mol. The number of anilines is 1. The Morgan fingerprint density at radius 2 is 2.00 bits per heavy atom. The van der Waals surface area contributed by atoms with E-state index >= 15 is 0 Å². The summed E-state index contributed by atoms with van der Waals surface area (Å²) in [5.41, 5.74) is 5.35. The molecule has 2 aromatic carbocycles. The monoisotopic (exact) mass is 490 g/mol. The third-order valence-electron chi connectivity index (χ3n) is 6.20. The molecule has 1 N–H and O–H groups in total. The molecule has 6 nitrogen and oxygen atoms in total. The first-order valence-electron chi connectivity index (χ1n) is 11.4. The molecule has 5 rings (SSSR count). The van der Waals surface area contributed by atoms with Gasteiger partial charge in [-0.05, 0) is 67.1 Å². The minimum absolute atomic E-state index is 0.0106. The number of aryl methyl sites for hydroxylation is 1. The van der Waals surface area contributed by atoms with Gasteiger partial charge in [-0.25, -0.2) is 4.98 Å². The fourth-order valence-corrected chi connectivity index (χ4v) is 6.15. The van der Waals surface area contributed by atoms with Crippen molar-refractivity contribution < 1.29 is 9.59 Å². The van der Waals surface area contributed by atoms with Crippen LogP contribution in [0.15, 0.2) is 59.1 Å². The van der Waals surface area contributed by atoms with Crippen LogP contribution in [-0.2, 0) is 24.3 Å². The van der Waals surface area contributed by atoms with E-state index in [4.69, 9.17) is 0 Å². The van der Waals surface area contributed by atoms with Gasteiger partial charge in [-0.1, -0.05) is 30.0 Å². The number of aromatic nitrogens is 2. The number of carbonyl (C=O) groups excluding carboxylic acids is 2. The van der Waals surface area contributed by atoms with E-state index < -0.39 is 0 Å². The van der Waals surface area contributed by atoms with Crippen LogP contribution in [0.3, 0.4) is 0 Å². The maximum atomic E-state index is 13.3. The summed E-state index contributed by atoms with van der Waals surface area (Å²) in [7, 11) is 0. The van der Waals surface area contributed by atoms with E-state index in [0.29, 0.717) is 17.8 Å². The predicted molar refractivity (Wildman–Crippen MR) is 139 cm³/mol. The van der Waals surface area contributed by atoms with Crippen LogP contribution < -0.4 is 5.32 Å². The van der Waals surface area contributed by atoms with Crippen LogP contribution in [0.1, 0.15) is 33.3 Å². The standard InChI is InChI=1S/C26H26N4O2S2/c1-3-30-22-10-5-4-8-21(22)28-26(30)34-16-24(31)27-20-9-6-7-19(17(20)2)25(32)29-13-11-23-18(15-29)12-14-33-23/h4-10,12,14H,3,11,13,15-16H2,1-2H3,(H,27,31). The van der Waals surface area contributed by atoms with E-state index in [0.717, 1.165) is 41.3 Å². The molecule has 0 saturated heterocycles. The summed E-state index contributed by atoms with van der Waals surface area (Å²) in [5, 5.41) is 5.92. The molecule has 1 aliphatic rings. The van der Waals surface area contributed by atoms with Gasteiger partial charge in [0, 0.05) is 35.8 Å². The number of nitrogens with one attached hydrogen (secondary N) is 1. The van der Waals surface area contributed by atoms with Gasteiger partial charge >= 0.3 is 0 Å². The molecule has 3 heterocycles. The lowest BCUT2D eigenvalue weighted by molar-refractivity contribution is -0.113. The number of hydrogen-bond donors (Lipinski definition) is 1. The highest BCUT2D eigenvalue weighted by Gasteiger charge is 2.24. The molecule has 0 spiro atoms. The Bertz CT molecular complexity index is 1370. The zero-order chi connectivity index (χ0) is 23.7. The van der Waals surface area contributed by atoms with E-state index in [1.807, 2.05) is 54.3 Å². The molecule has 2 aromatic heterocycles. The van der Waals surface area contributed by atoms with Crippen molar-refractivity contribution in [1.82, 2.24) is 14.5 Å². The van der Waals surface area contributed by atoms with Crippen molar-refractivity contribution >= 4 is 51.6 Å². The highest BCUT2D eigenvalue weighted by atomic mass is 32.2. The molecule has 0 aliphatic carbocycles. The highest BCUT2D eigenvalue weighted by molar-refractivity contribution is 7.99. The lowest BCUT2D eigenvalue weighted by atomic mass is 10.0. The second kappa shape index (κ2) is 9.64. The number of thioether (sulfide) groups is 1. The predicted octanol–water partition coefficient (Wildman–Crippen LogP) is 5.36. The van der Waals surface area contributed by atoms with Crippen molar-refractivity contribution in [2.24, 2.45) is 0 Å². The molecular formula is C26H26N4O2S2. The highest BCUT2D eigenvalue weighted by Crippen LogP contribution is 2.28. The van der Waals surface area contributed by atoms with Gasteiger partial charge in [0.1, 0.15) is 0 Å². The largest absolute Gasteiger partial charge is 0.334 e. The molecule has 2 amide bonds. The van der Waals surface area contributed by atoms with E-state index in [-0.39, 0.29) is 17.6 Å². The molecule has 0 fully saturated rings. The quantitative estimate of drug-likeness (QED) is 0.370. The van der Waals surface area contributed by atoms with Gasteiger partial charge in [0.15, 0.2) is 5.16 Å². The first-order chi connectivity index (χ1) is 16.5. The van der Waals surface area contributed by atoms with Crippen molar-refractivity contribution in [1.29, 1.82) is 0 Å². The molecule has 0 saturated carbocycles. The molecule has 1 aliphatic heterocycles. The van der Waals surface area contributed by atoms with Gasteiger partial charge in [-0.3, -0.25) is 9.59 Å². The van der Waals surface area contributed by atoms with Crippen molar-refractivity contribution in [3.63, 3.8) is 0 Å². The van der Waals surface area contributed by atoms with Crippen LogP contribution >= 0.6 is 23.1 Å². The summed E-state index contributed by atoms with van der Waals surface area (Å²) in [5.74, 6) is 0.137. The second-order valence-corrected chi connectivity index (χ2v) is 10.2. The Balaban J connectivity index is 1.27. The Hall–Kier alpha value is -3.10. The Labute approximate surface area is 207 Å². The van der Waals surface area contributed by atoms with Crippen LogP contribution in [-0.4, -0.2) is 38.6 Å². The summed E-state index contributed by atoms with van der Waals surface area (Å²) in [4.78, 5) is 34.0. The topological polar surface area (TPSA) is 67.2 Å². The zero-order valence-electron chi connectivity index (χ0n) is 19.2. The fraction of sp³-hybridized carbons (Fsp3) is 0.269. The van der Waals surface area contributed by atoms with E-state index in [9.17, 15) is 9.59 Å². The molecule has 34 heavy (non-hydrogen) atoms. The first-order valence-corrected chi connectivity index (χ1v) is 13.2. The fourth-order valence-electron chi connectivity index (χ4n) is 4.38. The lowest BCUT2D eigenvalue weighted by Crippen LogP contribution is -2.35. The van der Waals surface area contributed by atoms with Gasteiger partial charge in [-0.2, -0.15) is 0 Å². The molecule has 4 aromatic rings.